The molecule has 7 heteroatoms. The summed E-state index contributed by atoms with van der Waals surface area (Å²) >= 11 is 3.42. The van der Waals surface area contributed by atoms with Crippen molar-refractivity contribution in [3.8, 4) is 0 Å². The van der Waals surface area contributed by atoms with Crippen molar-refractivity contribution >= 4 is 42.8 Å². The van der Waals surface area contributed by atoms with E-state index in [0.717, 1.165) is 15.4 Å². The Morgan fingerprint density at radius 2 is 1.89 bits per heavy atom. The molecule has 1 heterocycles. The van der Waals surface area contributed by atoms with Crippen molar-refractivity contribution in [3.63, 3.8) is 0 Å². The van der Waals surface area contributed by atoms with E-state index >= 15 is 0 Å². The highest BCUT2D eigenvalue weighted by atomic mass is 79.9. The third-order valence-electron chi connectivity index (χ3n) is 4.21. The molecule has 0 aliphatic heterocycles. The first kappa shape index (κ1) is 20.7. The maximum Gasteiger partial charge on any atom is 0.241 e. The van der Waals surface area contributed by atoms with Gasteiger partial charge in [-0.1, -0.05) is 51.8 Å². The normalized spacial score (nSPS) is 12.4. The SMILES string of the molecule is C/C(=C/c1ccc(Br)cc1)CNCCNS(=O)(=O)c1cccc2cnccc12. The van der Waals surface area contributed by atoms with Crippen LogP contribution in [0.1, 0.15) is 12.5 Å². The van der Waals surface area contributed by atoms with Crippen molar-refractivity contribution in [1.82, 2.24) is 15.0 Å². The highest BCUT2D eigenvalue weighted by molar-refractivity contribution is 9.10. The number of rotatable bonds is 8. The maximum atomic E-state index is 12.6. The number of aromatic nitrogens is 1. The molecule has 0 saturated carbocycles. The van der Waals surface area contributed by atoms with Gasteiger partial charge in [-0.15, -0.1) is 0 Å². The molecule has 0 aliphatic rings. The van der Waals surface area contributed by atoms with Crippen LogP contribution in [0.3, 0.4) is 0 Å². The van der Waals surface area contributed by atoms with Gasteiger partial charge in [0.05, 0.1) is 4.90 Å². The molecule has 5 nitrogen and oxygen atoms in total. The molecule has 2 aromatic carbocycles. The summed E-state index contributed by atoms with van der Waals surface area (Å²) in [6.07, 6.45) is 5.37. The van der Waals surface area contributed by atoms with Gasteiger partial charge in [0, 0.05) is 47.3 Å². The summed E-state index contributed by atoms with van der Waals surface area (Å²) in [5, 5.41) is 4.74. The molecule has 2 N–H and O–H groups in total. The van der Waals surface area contributed by atoms with Gasteiger partial charge < -0.3 is 5.32 Å². The Labute approximate surface area is 174 Å². The quantitative estimate of drug-likeness (QED) is 0.499. The largest absolute Gasteiger partial charge is 0.312 e. The van der Waals surface area contributed by atoms with Crippen LogP contribution in [-0.4, -0.2) is 33.0 Å². The molecule has 146 valence electrons. The fourth-order valence-corrected chi connectivity index (χ4v) is 4.38. The molecule has 0 aliphatic carbocycles. The Bertz CT molecular complexity index is 1080. The van der Waals surface area contributed by atoms with Crippen molar-refractivity contribution in [1.29, 1.82) is 0 Å². The first-order valence-corrected chi connectivity index (χ1v) is 11.2. The number of nitrogens with zero attached hydrogens (tertiary/aromatic N) is 1. The van der Waals surface area contributed by atoms with Gasteiger partial charge in [0.15, 0.2) is 0 Å². The monoisotopic (exact) mass is 459 g/mol. The zero-order valence-electron chi connectivity index (χ0n) is 15.5. The number of nitrogens with one attached hydrogen (secondary N) is 2. The van der Waals surface area contributed by atoms with Gasteiger partial charge in [-0.2, -0.15) is 0 Å². The topological polar surface area (TPSA) is 71.1 Å². The molecular weight excluding hydrogens is 438 g/mol. The summed E-state index contributed by atoms with van der Waals surface area (Å²) in [7, 11) is -3.58. The molecule has 0 atom stereocenters. The van der Waals surface area contributed by atoms with E-state index in [9.17, 15) is 8.42 Å². The lowest BCUT2D eigenvalue weighted by atomic mass is 10.1. The molecule has 0 fully saturated rings. The lowest BCUT2D eigenvalue weighted by Crippen LogP contribution is -2.32. The van der Waals surface area contributed by atoms with Crippen molar-refractivity contribution < 1.29 is 8.42 Å². The highest BCUT2D eigenvalue weighted by Gasteiger charge is 2.16. The predicted octanol–water partition coefficient (Wildman–Crippen LogP) is 3.97. The minimum atomic E-state index is -3.58. The van der Waals surface area contributed by atoms with E-state index in [1.807, 2.05) is 37.3 Å². The number of fused-ring (bicyclic) bond motifs is 1. The summed E-state index contributed by atoms with van der Waals surface area (Å²) in [6, 6.07) is 15.0. The number of sulfonamides is 1. The molecule has 0 spiro atoms. The summed E-state index contributed by atoms with van der Waals surface area (Å²) in [4.78, 5) is 4.32. The van der Waals surface area contributed by atoms with Gasteiger partial charge in [0.25, 0.3) is 0 Å². The summed E-state index contributed by atoms with van der Waals surface area (Å²) < 4.78 is 29.0. The van der Waals surface area contributed by atoms with Crippen LogP contribution in [0.5, 0.6) is 0 Å². The first-order chi connectivity index (χ1) is 13.5. The lowest BCUT2D eigenvalue weighted by Gasteiger charge is -2.10. The molecule has 0 amide bonds. The average molecular weight is 460 g/mol. The average Bonchev–Trinajstić information content (AvgIpc) is 2.69. The Morgan fingerprint density at radius 3 is 2.68 bits per heavy atom. The molecule has 0 bridgehead atoms. The zero-order valence-corrected chi connectivity index (χ0v) is 17.9. The van der Waals surface area contributed by atoms with E-state index in [-0.39, 0.29) is 4.90 Å². The predicted molar refractivity (Wildman–Crippen MR) is 118 cm³/mol. The van der Waals surface area contributed by atoms with Crippen LogP contribution in [-0.2, 0) is 10.0 Å². The van der Waals surface area contributed by atoms with Crippen molar-refractivity contribution in [2.45, 2.75) is 11.8 Å². The summed E-state index contributed by atoms with van der Waals surface area (Å²) in [5.41, 5.74) is 2.31. The van der Waals surface area contributed by atoms with Gasteiger partial charge in [0.2, 0.25) is 10.0 Å². The fourth-order valence-electron chi connectivity index (χ4n) is 2.86. The van der Waals surface area contributed by atoms with Crippen LogP contribution in [0.2, 0.25) is 0 Å². The molecular formula is C21H22BrN3O2S. The minimum Gasteiger partial charge on any atom is -0.312 e. The van der Waals surface area contributed by atoms with Crippen LogP contribution in [0.4, 0.5) is 0 Å². The lowest BCUT2D eigenvalue weighted by molar-refractivity contribution is 0.579. The Hall–Kier alpha value is -2.06. The number of hydrogen-bond donors (Lipinski definition) is 2. The standard InChI is InChI=1S/C21H22BrN3O2S/c1-16(13-17-5-7-19(22)8-6-17)14-24-11-12-25-28(26,27)21-4-2-3-18-15-23-10-9-20(18)21/h2-10,13,15,24-25H,11-12,14H2,1H3/b16-13-. The van der Waals surface area contributed by atoms with Gasteiger partial charge in [-0.25, -0.2) is 13.1 Å². The van der Waals surface area contributed by atoms with E-state index in [4.69, 9.17) is 0 Å². The molecule has 3 aromatic rings. The Kier molecular flexibility index (Phi) is 6.96. The van der Waals surface area contributed by atoms with Crippen LogP contribution in [0.15, 0.2) is 75.9 Å². The van der Waals surface area contributed by atoms with E-state index in [0.29, 0.717) is 25.0 Å². The molecule has 0 radical (unpaired) electrons. The Morgan fingerprint density at radius 1 is 1.11 bits per heavy atom. The highest BCUT2D eigenvalue weighted by Crippen LogP contribution is 2.21. The number of pyridine rings is 1. The summed E-state index contributed by atoms with van der Waals surface area (Å²) in [6.45, 7) is 3.59. The molecule has 0 unspecified atom stereocenters. The van der Waals surface area contributed by atoms with Crippen LogP contribution in [0.25, 0.3) is 16.8 Å². The fraction of sp³-hybridized carbons (Fsp3) is 0.190. The minimum absolute atomic E-state index is 0.277. The number of halogens is 1. The number of hydrogen-bond acceptors (Lipinski definition) is 4. The van der Waals surface area contributed by atoms with E-state index in [2.05, 4.69) is 37.0 Å². The van der Waals surface area contributed by atoms with Gasteiger partial charge in [-0.3, -0.25) is 4.98 Å². The third-order valence-corrected chi connectivity index (χ3v) is 6.26. The van der Waals surface area contributed by atoms with Crippen LogP contribution in [0, 0.1) is 0 Å². The van der Waals surface area contributed by atoms with E-state index in [1.165, 1.54) is 5.57 Å². The first-order valence-electron chi connectivity index (χ1n) is 8.91. The number of benzene rings is 2. The van der Waals surface area contributed by atoms with Gasteiger partial charge in [0.1, 0.15) is 0 Å². The Balaban J connectivity index is 1.52. The van der Waals surface area contributed by atoms with E-state index < -0.39 is 10.0 Å². The summed E-state index contributed by atoms with van der Waals surface area (Å²) in [5.74, 6) is 0. The van der Waals surface area contributed by atoms with Gasteiger partial charge in [-0.05, 0) is 36.8 Å². The second kappa shape index (κ2) is 9.43. The molecule has 0 saturated heterocycles. The molecule has 28 heavy (non-hydrogen) atoms. The third kappa shape index (κ3) is 5.48. The van der Waals surface area contributed by atoms with Crippen LogP contribution >= 0.6 is 15.9 Å². The smallest absolute Gasteiger partial charge is 0.241 e. The van der Waals surface area contributed by atoms with Crippen molar-refractivity contribution in [3.05, 3.63) is 76.5 Å². The van der Waals surface area contributed by atoms with Crippen molar-refractivity contribution in [2.24, 2.45) is 0 Å². The van der Waals surface area contributed by atoms with E-state index in [1.54, 1.807) is 30.6 Å². The maximum absolute atomic E-state index is 12.6. The van der Waals surface area contributed by atoms with Gasteiger partial charge >= 0.3 is 0 Å². The molecule has 3 rings (SSSR count). The molecule has 1 aromatic heterocycles. The second-order valence-electron chi connectivity index (χ2n) is 6.47. The van der Waals surface area contributed by atoms with Crippen molar-refractivity contribution in [2.75, 3.05) is 19.6 Å². The zero-order chi connectivity index (χ0) is 20.0. The van der Waals surface area contributed by atoms with Crippen LogP contribution < -0.4 is 10.0 Å². The second-order valence-corrected chi connectivity index (χ2v) is 9.12.